The molecule has 2 rings (SSSR count). The predicted octanol–water partition coefficient (Wildman–Crippen LogP) is 3.18. The van der Waals surface area contributed by atoms with Gasteiger partial charge in [-0.15, -0.1) is 0 Å². The molecular formula is C16H16F4N2O2S. The Bertz CT molecular complexity index is 740. The molecule has 2 aromatic rings. The summed E-state index contributed by atoms with van der Waals surface area (Å²) in [5.41, 5.74) is -0.798. The van der Waals surface area contributed by atoms with E-state index in [1.54, 1.807) is 0 Å². The van der Waals surface area contributed by atoms with Gasteiger partial charge < -0.3 is 10.6 Å². The maximum absolute atomic E-state index is 13.4. The largest absolute Gasteiger partial charge is 0.379 e. The van der Waals surface area contributed by atoms with Crippen molar-refractivity contribution in [3.8, 4) is 0 Å². The normalized spacial score (nSPS) is 11.4. The average molecular weight is 376 g/mol. The lowest BCUT2D eigenvalue weighted by Crippen LogP contribution is -2.23. The Morgan fingerprint density at radius 2 is 1.00 bits per heavy atom. The molecule has 0 saturated carbocycles. The third kappa shape index (κ3) is 5.35. The zero-order valence-corrected chi connectivity index (χ0v) is 13.8. The highest BCUT2D eigenvalue weighted by molar-refractivity contribution is 7.91. The van der Waals surface area contributed by atoms with E-state index < -0.39 is 44.5 Å². The Balaban J connectivity index is 1.84. The van der Waals surface area contributed by atoms with E-state index >= 15 is 0 Å². The molecular weight excluding hydrogens is 360 g/mol. The van der Waals surface area contributed by atoms with Crippen molar-refractivity contribution in [2.24, 2.45) is 0 Å². The number of rotatable bonds is 8. The van der Waals surface area contributed by atoms with Gasteiger partial charge in [0.1, 0.15) is 34.6 Å². The smallest absolute Gasteiger partial charge is 0.153 e. The predicted molar refractivity (Wildman–Crippen MR) is 88.3 cm³/mol. The highest BCUT2D eigenvalue weighted by Gasteiger charge is 2.14. The maximum Gasteiger partial charge on any atom is 0.153 e. The molecule has 0 fully saturated rings. The molecule has 0 bridgehead atoms. The quantitative estimate of drug-likeness (QED) is 0.695. The lowest BCUT2D eigenvalue weighted by molar-refractivity contribution is 0.584. The number of halogens is 4. The van der Waals surface area contributed by atoms with E-state index in [-0.39, 0.29) is 24.6 Å². The molecule has 136 valence electrons. The highest BCUT2D eigenvalue weighted by atomic mass is 32.2. The van der Waals surface area contributed by atoms with Crippen LogP contribution in [0.4, 0.5) is 28.9 Å². The Morgan fingerprint density at radius 1 is 0.680 bits per heavy atom. The number of hydrogen-bond acceptors (Lipinski definition) is 4. The number of nitrogens with one attached hydrogen (secondary N) is 2. The number of anilines is 2. The van der Waals surface area contributed by atoms with Crippen molar-refractivity contribution in [2.75, 3.05) is 35.2 Å². The van der Waals surface area contributed by atoms with E-state index in [2.05, 4.69) is 10.6 Å². The Kier molecular flexibility index (Phi) is 6.24. The zero-order chi connectivity index (χ0) is 18.4. The number of para-hydroxylation sites is 2. The Morgan fingerprint density at radius 3 is 1.32 bits per heavy atom. The summed E-state index contributed by atoms with van der Waals surface area (Å²) in [4.78, 5) is 0. The minimum absolute atomic E-state index is 0.200. The first-order chi connectivity index (χ1) is 11.8. The van der Waals surface area contributed by atoms with Crippen LogP contribution >= 0.6 is 0 Å². The van der Waals surface area contributed by atoms with Crippen LogP contribution in [0.25, 0.3) is 0 Å². The maximum atomic E-state index is 13.4. The summed E-state index contributed by atoms with van der Waals surface area (Å²) in [6.45, 7) is -0.400. The van der Waals surface area contributed by atoms with Gasteiger partial charge in [-0.25, -0.2) is 26.0 Å². The van der Waals surface area contributed by atoms with Crippen molar-refractivity contribution in [1.29, 1.82) is 0 Å². The third-order valence-corrected chi connectivity index (χ3v) is 5.01. The van der Waals surface area contributed by atoms with E-state index in [0.29, 0.717) is 0 Å². The second-order valence-corrected chi connectivity index (χ2v) is 7.50. The summed E-state index contributed by atoms with van der Waals surface area (Å²) < 4.78 is 77.4. The van der Waals surface area contributed by atoms with Gasteiger partial charge in [-0.1, -0.05) is 12.1 Å². The van der Waals surface area contributed by atoms with Crippen LogP contribution in [0.1, 0.15) is 0 Å². The zero-order valence-electron chi connectivity index (χ0n) is 13.0. The van der Waals surface area contributed by atoms with Gasteiger partial charge in [-0.2, -0.15) is 0 Å². The summed E-state index contributed by atoms with van der Waals surface area (Å²) in [6, 6.07) is 6.58. The highest BCUT2D eigenvalue weighted by Crippen LogP contribution is 2.18. The van der Waals surface area contributed by atoms with E-state index in [1.807, 2.05) is 0 Å². The second kappa shape index (κ2) is 8.19. The molecule has 2 N–H and O–H groups in total. The van der Waals surface area contributed by atoms with Gasteiger partial charge in [0, 0.05) is 13.1 Å². The summed E-state index contributed by atoms with van der Waals surface area (Å²) in [5, 5.41) is 4.79. The molecule has 0 aliphatic carbocycles. The molecule has 0 unspecified atom stereocenters. The topological polar surface area (TPSA) is 58.2 Å². The molecule has 0 radical (unpaired) electrons. The molecule has 0 spiro atoms. The van der Waals surface area contributed by atoms with Crippen LogP contribution < -0.4 is 10.6 Å². The Hall–Kier alpha value is -2.29. The van der Waals surface area contributed by atoms with Gasteiger partial charge in [0.2, 0.25) is 0 Å². The van der Waals surface area contributed by atoms with Crippen molar-refractivity contribution in [1.82, 2.24) is 0 Å². The summed E-state index contributed by atoms with van der Waals surface area (Å²) in [7, 11) is -3.59. The molecule has 0 aliphatic rings. The van der Waals surface area contributed by atoms with E-state index in [1.165, 1.54) is 12.1 Å². The van der Waals surface area contributed by atoms with Gasteiger partial charge in [-0.05, 0) is 24.3 Å². The fourth-order valence-electron chi connectivity index (χ4n) is 2.10. The minimum atomic E-state index is -3.59. The first-order valence-electron chi connectivity index (χ1n) is 7.36. The average Bonchev–Trinajstić information content (AvgIpc) is 2.53. The second-order valence-electron chi connectivity index (χ2n) is 5.20. The van der Waals surface area contributed by atoms with Crippen LogP contribution in [-0.4, -0.2) is 33.0 Å². The molecule has 9 heteroatoms. The molecule has 0 atom stereocenters. The number of sulfone groups is 1. The lowest BCUT2D eigenvalue weighted by Gasteiger charge is -2.11. The molecule has 0 aromatic heterocycles. The van der Waals surface area contributed by atoms with Gasteiger partial charge in [0.25, 0.3) is 0 Å². The fraction of sp³-hybridized carbons (Fsp3) is 0.250. The van der Waals surface area contributed by atoms with Gasteiger partial charge in [0.15, 0.2) is 9.84 Å². The van der Waals surface area contributed by atoms with Crippen LogP contribution in [0.5, 0.6) is 0 Å². The molecule has 0 amide bonds. The van der Waals surface area contributed by atoms with Gasteiger partial charge >= 0.3 is 0 Å². The lowest BCUT2D eigenvalue weighted by atomic mass is 10.3. The van der Waals surface area contributed by atoms with Gasteiger partial charge in [0.05, 0.1) is 11.5 Å². The SMILES string of the molecule is O=S(=O)(CCNc1c(F)cccc1F)CCNc1c(F)cccc1F. The number of benzene rings is 2. The van der Waals surface area contributed by atoms with Crippen LogP contribution in [0.15, 0.2) is 36.4 Å². The van der Waals surface area contributed by atoms with Crippen LogP contribution in [0.2, 0.25) is 0 Å². The molecule has 0 saturated heterocycles. The molecule has 0 aliphatic heterocycles. The molecule has 2 aromatic carbocycles. The first-order valence-corrected chi connectivity index (χ1v) is 9.18. The van der Waals surface area contributed by atoms with Crippen LogP contribution in [0, 0.1) is 23.3 Å². The monoisotopic (exact) mass is 376 g/mol. The van der Waals surface area contributed by atoms with Crippen molar-refractivity contribution in [2.45, 2.75) is 0 Å². The van der Waals surface area contributed by atoms with Crippen molar-refractivity contribution < 1.29 is 26.0 Å². The first kappa shape index (κ1) is 19.0. The van der Waals surface area contributed by atoms with E-state index in [9.17, 15) is 26.0 Å². The summed E-state index contributed by atoms with van der Waals surface area (Å²) in [6.07, 6.45) is 0. The fourth-order valence-corrected chi connectivity index (χ4v) is 3.13. The Labute approximate surface area is 142 Å². The van der Waals surface area contributed by atoms with E-state index in [4.69, 9.17) is 0 Å². The van der Waals surface area contributed by atoms with Crippen LogP contribution in [-0.2, 0) is 9.84 Å². The summed E-state index contributed by atoms with van der Waals surface area (Å²) in [5.74, 6) is -4.07. The molecule has 4 nitrogen and oxygen atoms in total. The third-order valence-electron chi connectivity index (χ3n) is 3.36. The minimum Gasteiger partial charge on any atom is -0.379 e. The molecule has 25 heavy (non-hydrogen) atoms. The standard InChI is InChI=1S/C16H16F4N2O2S/c17-11-3-1-4-12(18)15(11)21-7-9-25(23,24)10-8-22-16-13(19)5-2-6-14(16)20/h1-6,21-22H,7-10H2. The summed E-state index contributed by atoms with van der Waals surface area (Å²) >= 11 is 0. The van der Waals surface area contributed by atoms with Gasteiger partial charge in [-0.3, -0.25) is 0 Å². The molecule has 0 heterocycles. The van der Waals surface area contributed by atoms with E-state index in [0.717, 1.165) is 24.3 Å². The van der Waals surface area contributed by atoms with Crippen LogP contribution in [0.3, 0.4) is 0 Å². The van der Waals surface area contributed by atoms with Crippen molar-refractivity contribution >= 4 is 21.2 Å². The van der Waals surface area contributed by atoms with Crippen molar-refractivity contribution in [3.05, 3.63) is 59.7 Å². The van der Waals surface area contributed by atoms with Crippen molar-refractivity contribution in [3.63, 3.8) is 0 Å². The number of hydrogen-bond donors (Lipinski definition) is 2.